The van der Waals surface area contributed by atoms with Crippen LogP contribution in [0.2, 0.25) is 0 Å². The Morgan fingerprint density at radius 1 is 1.29 bits per heavy atom. The molecule has 1 saturated heterocycles. The Labute approximate surface area is 101 Å². The molecule has 0 saturated carbocycles. The summed E-state index contributed by atoms with van der Waals surface area (Å²) < 4.78 is 10.3. The molecule has 0 spiro atoms. The minimum absolute atomic E-state index is 0.131. The Bertz CT molecular complexity index is 316. The highest BCUT2D eigenvalue weighted by Crippen LogP contribution is 2.11. The van der Waals surface area contributed by atoms with Crippen molar-refractivity contribution < 1.29 is 19.1 Å². The number of Topliss-reactive ketones (excluding diaryl/α,β-unsaturated/α-hetero) is 1. The fourth-order valence-electron chi connectivity index (χ4n) is 1.57. The van der Waals surface area contributed by atoms with E-state index in [1.54, 1.807) is 13.8 Å². The van der Waals surface area contributed by atoms with Gasteiger partial charge in [0, 0.05) is 18.8 Å². The fraction of sp³-hybridized carbons (Fsp3) is 0.750. The number of rotatable bonds is 3. The SMILES string of the molecule is CC(=NC(=O)OC1CCOCC1)C(=O)C(C)C. The monoisotopic (exact) mass is 241 g/mol. The predicted molar refractivity (Wildman–Crippen MR) is 63.3 cm³/mol. The molecule has 1 amide bonds. The number of hydrogen-bond acceptors (Lipinski definition) is 4. The maximum atomic E-state index is 11.5. The first-order valence-electron chi connectivity index (χ1n) is 5.88. The van der Waals surface area contributed by atoms with E-state index in [0.29, 0.717) is 26.1 Å². The lowest BCUT2D eigenvalue weighted by Crippen LogP contribution is -2.26. The zero-order valence-corrected chi connectivity index (χ0v) is 10.6. The molecule has 17 heavy (non-hydrogen) atoms. The Hall–Kier alpha value is -1.23. The molecule has 5 nitrogen and oxygen atoms in total. The molecule has 0 bridgehead atoms. The summed E-state index contributed by atoms with van der Waals surface area (Å²) in [5, 5.41) is 0. The van der Waals surface area contributed by atoms with Crippen LogP contribution in [-0.2, 0) is 14.3 Å². The van der Waals surface area contributed by atoms with Crippen LogP contribution < -0.4 is 0 Å². The molecule has 1 fully saturated rings. The predicted octanol–water partition coefficient (Wildman–Crippen LogP) is 1.99. The largest absolute Gasteiger partial charge is 0.444 e. The number of carbonyl (C=O) groups excluding carboxylic acids is 2. The zero-order chi connectivity index (χ0) is 12.8. The average Bonchev–Trinajstić information content (AvgIpc) is 2.28. The molecule has 96 valence electrons. The maximum Gasteiger partial charge on any atom is 0.434 e. The smallest absolute Gasteiger partial charge is 0.434 e. The summed E-state index contributed by atoms with van der Waals surface area (Å²) >= 11 is 0. The minimum Gasteiger partial charge on any atom is -0.444 e. The number of ether oxygens (including phenoxy) is 2. The van der Waals surface area contributed by atoms with Crippen LogP contribution in [0.15, 0.2) is 4.99 Å². The molecule has 0 unspecified atom stereocenters. The van der Waals surface area contributed by atoms with Crippen molar-refractivity contribution in [3.8, 4) is 0 Å². The van der Waals surface area contributed by atoms with Gasteiger partial charge in [-0.15, -0.1) is 0 Å². The van der Waals surface area contributed by atoms with E-state index < -0.39 is 6.09 Å². The highest BCUT2D eigenvalue weighted by molar-refractivity contribution is 6.40. The van der Waals surface area contributed by atoms with Crippen molar-refractivity contribution in [2.24, 2.45) is 10.9 Å². The summed E-state index contributed by atoms with van der Waals surface area (Å²) in [7, 11) is 0. The van der Waals surface area contributed by atoms with Crippen LogP contribution in [0, 0.1) is 5.92 Å². The number of ketones is 1. The number of amides is 1. The summed E-state index contributed by atoms with van der Waals surface area (Å²) in [6.45, 7) is 6.28. The molecular weight excluding hydrogens is 222 g/mol. The summed E-state index contributed by atoms with van der Waals surface area (Å²) in [6, 6.07) is 0. The van der Waals surface area contributed by atoms with Crippen LogP contribution in [0.1, 0.15) is 33.6 Å². The molecule has 0 N–H and O–H groups in total. The third-order valence-corrected chi connectivity index (χ3v) is 2.58. The zero-order valence-electron chi connectivity index (χ0n) is 10.6. The maximum absolute atomic E-state index is 11.5. The second kappa shape index (κ2) is 6.49. The average molecular weight is 241 g/mol. The van der Waals surface area contributed by atoms with E-state index in [-0.39, 0.29) is 23.5 Å². The van der Waals surface area contributed by atoms with E-state index in [1.807, 2.05) is 0 Å². The van der Waals surface area contributed by atoms with Gasteiger partial charge in [0.15, 0.2) is 5.78 Å². The Morgan fingerprint density at radius 2 is 1.88 bits per heavy atom. The van der Waals surface area contributed by atoms with Gasteiger partial charge in [-0.2, -0.15) is 4.99 Å². The normalized spacial score (nSPS) is 18.2. The van der Waals surface area contributed by atoms with Crippen molar-refractivity contribution >= 4 is 17.6 Å². The van der Waals surface area contributed by atoms with Crippen LogP contribution in [0.5, 0.6) is 0 Å². The lowest BCUT2D eigenvalue weighted by Gasteiger charge is -2.21. The number of nitrogens with zero attached hydrogens (tertiary/aromatic N) is 1. The molecule has 1 aliphatic rings. The van der Waals surface area contributed by atoms with E-state index in [0.717, 1.165) is 0 Å². The van der Waals surface area contributed by atoms with Crippen LogP contribution in [0.3, 0.4) is 0 Å². The molecule has 0 aromatic carbocycles. The molecule has 1 heterocycles. The van der Waals surface area contributed by atoms with E-state index in [9.17, 15) is 9.59 Å². The Balaban J connectivity index is 2.47. The molecule has 1 aliphatic heterocycles. The van der Waals surface area contributed by atoms with Gasteiger partial charge in [-0.25, -0.2) is 4.79 Å². The Morgan fingerprint density at radius 3 is 2.41 bits per heavy atom. The van der Waals surface area contributed by atoms with Crippen LogP contribution in [0.25, 0.3) is 0 Å². The number of carbonyl (C=O) groups is 2. The van der Waals surface area contributed by atoms with Gasteiger partial charge in [0.2, 0.25) is 0 Å². The van der Waals surface area contributed by atoms with Crippen LogP contribution >= 0.6 is 0 Å². The molecule has 0 aliphatic carbocycles. The number of aliphatic imine (C=N–C) groups is 1. The first-order chi connectivity index (χ1) is 8.00. The quantitative estimate of drug-likeness (QED) is 0.709. The molecular formula is C12H19NO4. The summed E-state index contributed by atoms with van der Waals surface area (Å²) in [4.78, 5) is 26.6. The standard InChI is InChI=1S/C12H19NO4/c1-8(2)11(14)9(3)13-12(15)17-10-4-6-16-7-5-10/h8,10H,4-7H2,1-3H3. The van der Waals surface area contributed by atoms with E-state index in [4.69, 9.17) is 9.47 Å². The molecule has 1 rings (SSSR count). The van der Waals surface area contributed by atoms with Crippen molar-refractivity contribution in [2.75, 3.05) is 13.2 Å². The van der Waals surface area contributed by atoms with E-state index in [1.165, 1.54) is 6.92 Å². The molecule has 5 heteroatoms. The van der Waals surface area contributed by atoms with Crippen LogP contribution in [0.4, 0.5) is 4.79 Å². The highest BCUT2D eigenvalue weighted by atomic mass is 16.6. The van der Waals surface area contributed by atoms with Crippen molar-refractivity contribution in [2.45, 2.75) is 39.7 Å². The number of hydrogen-bond donors (Lipinski definition) is 0. The molecule has 0 atom stereocenters. The van der Waals surface area contributed by atoms with Gasteiger partial charge < -0.3 is 9.47 Å². The second-order valence-electron chi connectivity index (χ2n) is 4.41. The van der Waals surface area contributed by atoms with Crippen molar-refractivity contribution in [1.82, 2.24) is 0 Å². The summed E-state index contributed by atoms with van der Waals surface area (Å²) in [5.41, 5.74) is 0.206. The molecule has 0 aromatic rings. The summed E-state index contributed by atoms with van der Waals surface area (Å²) in [6.07, 6.45) is 0.571. The molecule has 0 aromatic heterocycles. The van der Waals surface area contributed by atoms with E-state index in [2.05, 4.69) is 4.99 Å². The minimum atomic E-state index is -0.677. The van der Waals surface area contributed by atoms with Crippen molar-refractivity contribution in [3.05, 3.63) is 0 Å². The van der Waals surface area contributed by atoms with E-state index >= 15 is 0 Å². The third-order valence-electron chi connectivity index (χ3n) is 2.58. The summed E-state index contributed by atoms with van der Waals surface area (Å²) in [5.74, 6) is -0.288. The Kier molecular flexibility index (Phi) is 5.28. The van der Waals surface area contributed by atoms with Gasteiger partial charge in [-0.3, -0.25) is 4.79 Å². The fourth-order valence-corrected chi connectivity index (χ4v) is 1.57. The van der Waals surface area contributed by atoms with Gasteiger partial charge >= 0.3 is 6.09 Å². The van der Waals surface area contributed by atoms with Gasteiger partial charge in [-0.1, -0.05) is 13.8 Å². The van der Waals surface area contributed by atoms with Gasteiger partial charge in [0.05, 0.1) is 18.9 Å². The second-order valence-corrected chi connectivity index (χ2v) is 4.41. The lowest BCUT2D eigenvalue weighted by molar-refractivity contribution is -0.115. The highest BCUT2D eigenvalue weighted by Gasteiger charge is 2.19. The van der Waals surface area contributed by atoms with Gasteiger partial charge in [-0.05, 0) is 6.92 Å². The van der Waals surface area contributed by atoms with Crippen LogP contribution in [-0.4, -0.2) is 36.9 Å². The lowest BCUT2D eigenvalue weighted by atomic mass is 10.1. The third kappa shape index (κ3) is 4.65. The first-order valence-corrected chi connectivity index (χ1v) is 5.88. The van der Waals surface area contributed by atoms with Crippen molar-refractivity contribution in [1.29, 1.82) is 0 Å². The first kappa shape index (κ1) is 13.8. The van der Waals surface area contributed by atoms with Gasteiger partial charge in [0.1, 0.15) is 6.10 Å². The topological polar surface area (TPSA) is 65.0 Å². The van der Waals surface area contributed by atoms with Gasteiger partial charge in [0.25, 0.3) is 0 Å². The van der Waals surface area contributed by atoms with Crippen molar-refractivity contribution in [3.63, 3.8) is 0 Å². The molecule has 0 radical (unpaired) electrons.